The first-order valence-electron chi connectivity index (χ1n) is 9.93. The van der Waals surface area contributed by atoms with Crippen molar-refractivity contribution in [3.8, 4) is 5.88 Å². The van der Waals surface area contributed by atoms with E-state index in [1.807, 2.05) is 30.3 Å². The molecule has 152 valence electrons. The molecule has 2 heterocycles. The molecule has 7 nitrogen and oxygen atoms in total. The summed E-state index contributed by atoms with van der Waals surface area (Å²) < 4.78 is 11.2. The zero-order valence-electron chi connectivity index (χ0n) is 16.4. The van der Waals surface area contributed by atoms with Crippen LogP contribution in [0.15, 0.2) is 49.2 Å². The number of ether oxygens (including phenoxy) is 2. The van der Waals surface area contributed by atoms with Crippen molar-refractivity contribution in [2.75, 3.05) is 13.2 Å². The molecular weight excluding hydrogens is 370 g/mol. The van der Waals surface area contributed by atoms with Crippen molar-refractivity contribution in [2.24, 2.45) is 5.92 Å². The molecule has 1 aromatic heterocycles. The Morgan fingerprint density at radius 1 is 1.38 bits per heavy atom. The van der Waals surface area contributed by atoms with Crippen molar-refractivity contribution in [1.29, 1.82) is 0 Å². The summed E-state index contributed by atoms with van der Waals surface area (Å²) in [6.07, 6.45) is 4.24. The Hall–Kier alpha value is -2.93. The summed E-state index contributed by atoms with van der Waals surface area (Å²) in [5.74, 6) is -0.157. The van der Waals surface area contributed by atoms with Gasteiger partial charge in [0.1, 0.15) is 11.6 Å². The van der Waals surface area contributed by atoms with E-state index in [1.165, 1.54) is 0 Å². The average Bonchev–Trinajstić information content (AvgIpc) is 3.25. The molecule has 7 heteroatoms. The van der Waals surface area contributed by atoms with E-state index in [9.17, 15) is 9.59 Å². The number of rotatable bonds is 7. The molecule has 2 N–H and O–H groups in total. The van der Waals surface area contributed by atoms with Crippen molar-refractivity contribution in [1.82, 2.24) is 15.6 Å². The summed E-state index contributed by atoms with van der Waals surface area (Å²) in [5, 5.41) is 8.07. The van der Waals surface area contributed by atoms with Crippen molar-refractivity contribution >= 4 is 22.6 Å². The number of amides is 1. The minimum atomic E-state index is -0.980. The average molecular weight is 395 g/mol. The topological polar surface area (TPSA) is 89.5 Å². The third-order valence-electron chi connectivity index (χ3n) is 5.61. The molecule has 2 aromatic rings. The molecule has 1 saturated carbocycles. The molecule has 1 amide bonds. The van der Waals surface area contributed by atoms with E-state index >= 15 is 0 Å². The summed E-state index contributed by atoms with van der Waals surface area (Å²) in [7, 11) is 0. The molecule has 29 heavy (non-hydrogen) atoms. The van der Waals surface area contributed by atoms with Gasteiger partial charge >= 0.3 is 5.97 Å². The number of aromatic nitrogens is 1. The zero-order chi connectivity index (χ0) is 20.4. The van der Waals surface area contributed by atoms with E-state index in [0.29, 0.717) is 25.3 Å². The number of fused-ring (bicyclic) bond motifs is 1. The maximum Gasteiger partial charge on any atom is 0.332 e. The quantitative estimate of drug-likeness (QED) is 0.550. The van der Waals surface area contributed by atoms with Gasteiger partial charge in [-0.2, -0.15) is 0 Å². The van der Waals surface area contributed by atoms with Gasteiger partial charge in [0.25, 0.3) is 0 Å². The van der Waals surface area contributed by atoms with Gasteiger partial charge in [0.15, 0.2) is 0 Å². The van der Waals surface area contributed by atoms with E-state index in [-0.39, 0.29) is 24.5 Å². The van der Waals surface area contributed by atoms with Crippen LogP contribution in [0.2, 0.25) is 0 Å². The summed E-state index contributed by atoms with van der Waals surface area (Å²) >= 11 is 0. The highest BCUT2D eigenvalue weighted by molar-refractivity contribution is 5.93. The second-order valence-corrected chi connectivity index (χ2v) is 7.50. The Labute approximate surface area is 169 Å². The number of carbonyl (C=O) groups excluding carboxylic acids is 2. The molecule has 1 aliphatic heterocycles. The second kappa shape index (κ2) is 7.83. The minimum absolute atomic E-state index is 0.0983. The fraction of sp³-hybridized carbons (Fsp3) is 0.409. The van der Waals surface area contributed by atoms with Crippen LogP contribution in [-0.4, -0.2) is 47.7 Å². The van der Waals surface area contributed by atoms with Crippen molar-refractivity contribution in [3.63, 3.8) is 0 Å². The lowest BCUT2D eigenvalue weighted by Crippen LogP contribution is -2.51. The van der Waals surface area contributed by atoms with E-state index in [1.54, 1.807) is 19.2 Å². The second-order valence-electron chi connectivity index (χ2n) is 7.50. The van der Waals surface area contributed by atoms with Crippen LogP contribution in [0, 0.1) is 5.92 Å². The molecule has 1 aromatic carbocycles. The van der Waals surface area contributed by atoms with Gasteiger partial charge in [-0.3, -0.25) is 4.79 Å². The number of pyridine rings is 1. The lowest BCUT2D eigenvalue weighted by Gasteiger charge is -2.20. The number of nitrogens with one attached hydrogen (secondary N) is 2. The molecule has 0 bridgehead atoms. The molecule has 0 radical (unpaired) electrons. The molecule has 1 saturated heterocycles. The minimum Gasteiger partial charge on any atom is -0.472 e. The molecule has 4 rings (SSSR count). The predicted octanol–water partition coefficient (Wildman–Crippen LogP) is 1.97. The zero-order valence-corrected chi connectivity index (χ0v) is 16.4. The first-order chi connectivity index (χ1) is 14.1. The van der Waals surface area contributed by atoms with Gasteiger partial charge in [0, 0.05) is 30.5 Å². The Morgan fingerprint density at radius 2 is 2.21 bits per heavy atom. The van der Waals surface area contributed by atoms with Gasteiger partial charge in [-0.25, -0.2) is 9.78 Å². The van der Waals surface area contributed by atoms with Crippen LogP contribution in [-0.2, 0) is 14.3 Å². The molecule has 0 spiro atoms. The maximum absolute atomic E-state index is 12.8. The predicted molar refractivity (Wildman–Crippen MR) is 108 cm³/mol. The lowest BCUT2D eigenvalue weighted by atomic mass is 10.1. The Kier molecular flexibility index (Phi) is 5.24. The summed E-state index contributed by atoms with van der Waals surface area (Å²) in [4.78, 5) is 29.5. The van der Waals surface area contributed by atoms with E-state index in [0.717, 1.165) is 10.8 Å². The summed E-state index contributed by atoms with van der Waals surface area (Å²) in [6, 6.07) is 9.39. The van der Waals surface area contributed by atoms with E-state index in [4.69, 9.17) is 9.47 Å². The van der Waals surface area contributed by atoms with Crippen molar-refractivity contribution in [2.45, 2.75) is 37.5 Å². The third kappa shape index (κ3) is 3.70. The highest BCUT2D eigenvalue weighted by atomic mass is 16.5. The highest BCUT2D eigenvalue weighted by Gasteiger charge is 2.61. The van der Waals surface area contributed by atoms with E-state index in [2.05, 4.69) is 22.2 Å². The lowest BCUT2D eigenvalue weighted by molar-refractivity contribution is -0.149. The van der Waals surface area contributed by atoms with Crippen LogP contribution in [0.4, 0.5) is 0 Å². The number of hydrogen-bond acceptors (Lipinski definition) is 6. The van der Waals surface area contributed by atoms with E-state index < -0.39 is 17.6 Å². The number of carbonyl (C=O) groups is 2. The van der Waals surface area contributed by atoms with Gasteiger partial charge < -0.3 is 20.1 Å². The van der Waals surface area contributed by atoms with Crippen molar-refractivity contribution in [3.05, 3.63) is 49.2 Å². The van der Waals surface area contributed by atoms with Crippen LogP contribution in [0.3, 0.4) is 0 Å². The van der Waals surface area contributed by atoms with Gasteiger partial charge in [0.2, 0.25) is 11.8 Å². The SMILES string of the molecule is C=CC1CC1(NC(=O)C1CC(Oc2nccc3ccccc23)CN1)C(=O)OCC. The highest BCUT2D eigenvalue weighted by Crippen LogP contribution is 2.45. The fourth-order valence-corrected chi connectivity index (χ4v) is 3.91. The molecule has 2 aliphatic rings. The smallest absolute Gasteiger partial charge is 0.332 e. The maximum atomic E-state index is 12.8. The summed E-state index contributed by atoms with van der Waals surface area (Å²) in [6.45, 7) is 6.30. The standard InChI is InChI=1S/C22H25N3O4/c1-3-15-12-22(15,21(27)28-4-2)25-19(26)18-11-16(13-24-18)29-20-17-8-6-5-7-14(17)9-10-23-20/h3,5-10,15-16,18,24H,1,4,11-13H2,2H3,(H,25,26). The Balaban J connectivity index is 1.40. The summed E-state index contributed by atoms with van der Waals surface area (Å²) in [5.41, 5.74) is -0.980. The van der Waals surface area contributed by atoms with Gasteiger partial charge in [0.05, 0.1) is 12.6 Å². The van der Waals surface area contributed by atoms with Crippen LogP contribution in [0.1, 0.15) is 19.8 Å². The first kappa shape index (κ1) is 19.4. The normalized spacial score (nSPS) is 28.0. The number of benzene rings is 1. The third-order valence-corrected chi connectivity index (χ3v) is 5.61. The fourth-order valence-electron chi connectivity index (χ4n) is 3.91. The first-order valence-corrected chi connectivity index (χ1v) is 9.93. The molecule has 4 unspecified atom stereocenters. The number of nitrogens with zero attached hydrogens (tertiary/aromatic N) is 1. The van der Waals surface area contributed by atoms with Crippen LogP contribution in [0.5, 0.6) is 5.88 Å². The monoisotopic (exact) mass is 395 g/mol. The Bertz CT molecular complexity index is 941. The van der Waals surface area contributed by atoms with Gasteiger partial charge in [-0.1, -0.05) is 24.3 Å². The molecular formula is C22H25N3O4. The van der Waals surface area contributed by atoms with Crippen molar-refractivity contribution < 1.29 is 19.1 Å². The number of hydrogen-bond donors (Lipinski definition) is 2. The van der Waals surface area contributed by atoms with Gasteiger partial charge in [-0.05, 0) is 30.9 Å². The molecule has 1 aliphatic carbocycles. The number of esters is 1. The van der Waals surface area contributed by atoms with Crippen LogP contribution >= 0.6 is 0 Å². The molecule has 4 atom stereocenters. The Morgan fingerprint density at radius 3 is 2.97 bits per heavy atom. The largest absolute Gasteiger partial charge is 0.472 e. The molecule has 2 fully saturated rings. The van der Waals surface area contributed by atoms with Gasteiger partial charge in [-0.15, -0.1) is 6.58 Å². The van der Waals surface area contributed by atoms with Crippen LogP contribution in [0.25, 0.3) is 10.8 Å². The van der Waals surface area contributed by atoms with Crippen LogP contribution < -0.4 is 15.4 Å².